The molecule has 0 unspecified atom stereocenters. The van der Waals surface area contributed by atoms with Gasteiger partial charge in [0, 0.05) is 11.8 Å². The van der Waals surface area contributed by atoms with Crippen LogP contribution in [0.4, 0.5) is 5.69 Å². The molecule has 0 saturated carbocycles. The minimum Gasteiger partial charge on any atom is -0.397 e. The van der Waals surface area contributed by atoms with Gasteiger partial charge in [0.2, 0.25) is 0 Å². The Bertz CT molecular complexity index is 835. The molecule has 0 saturated heterocycles. The predicted molar refractivity (Wildman–Crippen MR) is 95.3 cm³/mol. The minimum atomic E-state index is 0.751. The molecular formula is C21H20N2. The number of benzene rings is 2. The van der Waals surface area contributed by atoms with Crippen molar-refractivity contribution in [2.75, 3.05) is 5.73 Å². The highest BCUT2D eigenvalue weighted by atomic mass is 14.7. The van der Waals surface area contributed by atoms with Gasteiger partial charge >= 0.3 is 0 Å². The van der Waals surface area contributed by atoms with Gasteiger partial charge in [-0.2, -0.15) is 0 Å². The molecule has 0 amide bonds. The highest BCUT2D eigenvalue weighted by Crippen LogP contribution is 2.31. The summed E-state index contributed by atoms with van der Waals surface area (Å²) in [6, 6.07) is 18.0. The zero-order chi connectivity index (χ0) is 15.6. The molecule has 4 aliphatic rings. The van der Waals surface area contributed by atoms with Crippen molar-refractivity contribution in [3.63, 3.8) is 0 Å². The monoisotopic (exact) mass is 300 g/mol. The zero-order valence-electron chi connectivity index (χ0n) is 13.1. The predicted octanol–water partition coefficient (Wildman–Crippen LogP) is 4.21. The highest BCUT2D eigenvalue weighted by molar-refractivity contribution is 5.78. The largest absolute Gasteiger partial charge is 0.397 e. The summed E-state index contributed by atoms with van der Waals surface area (Å²) in [4.78, 5) is 4.12. The summed E-state index contributed by atoms with van der Waals surface area (Å²) >= 11 is 0. The van der Waals surface area contributed by atoms with Crippen molar-refractivity contribution in [1.82, 2.24) is 4.98 Å². The first kappa shape index (κ1) is 14.0. The number of aryl methyl sites for hydroxylation is 4. The number of nitrogens with zero attached hydrogens (tertiary/aromatic N) is 1. The van der Waals surface area contributed by atoms with Gasteiger partial charge in [0.25, 0.3) is 0 Å². The third-order valence-electron chi connectivity index (χ3n) is 4.72. The fourth-order valence-electron chi connectivity index (χ4n) is 3.34. The van der Waals surface area contributed by atoms with Gasteiger partial charge in [0.1, 0.15) is 0 Å². The molecule has 114 valence electrons. The second kappa shape index (κ2) is 5.88. The lowest BCUT2D eigenvalue weighted by Gasteiger charge is -2.15. The standard InChI is InChI=1S/C21H20N2/c22-21-14-23-12-11-19(21)20-13-17-6-5-15-1-3-16(4-2-15)7-9-18(20)10-8-17/h1-4,8,10-14H,5-7,9,22H2. The lowest BCUT2D eigenvalue weighted by Crippen LogP contribution is -2.01. The van der Waals surface area contributed by atoms with Crippen LogP contribution in [0, 0.1) is 0 Å². The molecule has 1 heterocycles. The second-order valence-corrected chi connectivity index (χ2v) is 6.27. The van der Waals surface area contributed by atoms with Crippen LogP contribution >= 0.6 is 0 Å². The highest BCUT2D eigenvalue weighted by Gasteiger charge is 2.11. The van der Waals surface area contributed by atoms with Crippen LogP contribution in [0.25, 0.3) is 11.1 Å². The van der Waals surface area contributed by atoms with Gasteiger partial charge in [0.15, 0.2) is 0 Å². The SMILES string of the molecule is Nc1cnccc1-c1cc2ccc1CCc1ccc(cc1)CC2. The van der Waals surface area contributed by atoms with Crippen LogP contribution in [0.1, 0.15) is 22.3 Å². The number of pyridine rings is 1. The van der Waals surface area contributed by atoms with E-state index in [0.29, 0.717) is 0 Å². The van der Waals surface area contributed by atoms with Crippen LogP contribution in [-0.2, 0) is 25.7 Å². The summed E-state index contributed by atoms with van der Waals surface area (Å²) in [7, 11) is 0. The Hall–Kier alpha value is -2.61. The summed E-state index contributed by atoms with van der Waals surface area (Å²) < 4.78 is 0. The molecule has 3 aromatic rings. The summed E-state index contributed by atoms with van der Waals surface area (Å²) in [5.41, 5.74) is 14.8. The van der Waals surface area contributed by atoms with Gasteiger partial charge in [-0.25, -0.2) is 0 Å². The number of nitrogens with two attached hydrogens (primary N) is 1. The smallest absolute Gasteiger partial charge is 0.0580 e. The van der Waals surface area contributed by atoms with Gasteiger partial charge < -0.3 is 5.73 Å². The number of nitrogen functional groups attached to an aromatic ring is 1. The minimum absolute atomic E-state index is 0.751. The van der Waals surface area contributed by atoms with E-state index in [0.717, 1.165) is 36.9 Å². The van der Waals surface area contributed by atoms with Crippen LogP contribution in [0.2, 0.25) is 0 Å². The van der Waals surface area contributed by atoms with Crippen molar-refractivity contribution >= 4 is 5.69 Å². The van der Waals surface area contributed by atoms with E-state index in [1.165, 1.54) is 27.8 Å². The molecule has 1 aromatic heterocycles. The maximum atomic E-state index is 6.18. The average molecular weight is 300 g/mol. The third kappa shape index (κ3) is 2.85. The Balaban J connectivity index is 1.81. The van der Waals surface area contributed by atoms with Crippen LogP contribution in [-0.4, -0.2) is 4.98 Å². The Morgan fingerprint density at radius 2 is 1.35 bits per heavy atom. The molecule has 2 aromatic carbocycles. The number of rotatable bonds is 1. The Kier molecular flexibility index (Phi) is 3.58. The maximum Gasteiger partial charge on any atom is 0.0580 e. The molecule has 0 spiro atoms. The maximum absolute atomic E-state index is 6.18. The quantitative estimate of drug-likeness (QED) is 0.731. The fourth-order valence-corrected chi connectivity index (χ4v) is 3.34. The van der Waals surface area contributed by atoms with Crippen LogP contribution < -0.4 is 5.73 Å². The normalized spacial score (nSPS) is 13.6. The Morgan fingerprint density at radius 3 is 2.09 bits per heavy atom. The Morgan fingerprint density at radius 1 is 0.696 bits per heavy atom. The summed E-state index contributed by atoms with van der Waals surface area (Å²) in [5.74, 6) is 0. The van der Waals surface area contributed by atoms with Gasteiger partial charge in [-0.3, -0.25) is 4.98 Å². The van der Waals surface area contributed by atoms with Crippen molar-refractivity contribution in [3.8, 4) is 11.1 Å². The van der Waals surface area contributed by atoms with E-state index in [-0.39, 0.29) is 0 Å². The van der Waals surface area contributed by atoms with Crippen molar-refractivity contribution in [3.05, 3.63) is 83.2 Å². The summed E-state index contributed by atoms with van der Waals surface area (Å²) in [6.45, 7) is 0. The van der Waals surface area contributed by atoms with Crippen molar-refractivity contribution in [2.45, 2.75) is 25.7 Å². The average Bonchev–Trinajstić information content (AvgIpc) is 2.58. The number of hydrogen-bond acceptors (Lipinski definition) is 2. The van der Waals surface area contributed by atoms with Gasteiger partial charge in [-0.15, -0.1) is 0 Å². The lowest BCUT2D eigenvalue weighted by molar-refractivity contribution is 0.923. The van der Waals surface area contributed by atoms with E-state index in [1.807, 2.05) is 12.3 Å². The topological polar surface area (TPSA) is 38.9 Å². The van der Waals surface area contributed by atoms with E-state index in [9.17, 15) is 0 Å². The molecule has 23 heavy (non-hydrogen) atoms. The number of anilines is 1. The number of aromatic nitrogens is 1. The van der Waals surface area contributed by atoms with E-state index >= 15 is 0 Å². The Labute approximate surface area is 137 Å². The molecule has 0 radical (unpaired) electrons. The van der Waals surface area contributed by atoms with Crippen molar-refractivity contribution < 1.29 is 0 Å². The van der Waals surface area contributed by atoms with Crippen molar-refractivity contribution in [2.24, 2.45) is 0 Å². The van der Waals surface area contributed by atoms with Crippen LogP contribution in [0.3, 0.4) is 0 Å². The van der Waals surface area contributed by atoms with Crippen LogP contribution in [0.5, 0.6) is 0 Å². The van der Waals surface area contributed by atoms with Crippen LogP contribution in [0.15, 0.2) is 60.9 Å². The first-order valence-electron chi connectivity index (χ1n) is 8.19. The molecule has 7 rings (SSSR count). The molecule has 2 nitrogen and oxygen atoms in total. The molecular weight excluding hydrogens is 280 g/mol. The molecule has 0 atom stereocenters. The lowest BCUT2D eigenvalue weighted by atomic mass is 9.90. The molecule has 2 N–H and O–H groups in total. The fraction of sp³-hybridized carbons (Fsp3) is 0.190. The van der Waals surface area contributed by atoms with E-state index in [1.54, 1.807) is 6.20 Å². The molecule has 2 heteroatoms. The number of hydrogen-bond donors (Lipinski definition) is 1. The summed E-state index contributed by atoms with van der Waals surface area (Å²) in [5, 5.41) is 0. The second-order valence-electron chi connectivity index (χ2n) is 6.27. The first-order valence-corrected chi connectivity index (χ1v) is 8.19. The van der Waals surface area contributed by atoms with Gasteiger partial charge in [-0.05, 0) is 59.6 Å². The van der Waals surface area contributed by atoms with Gasteiger partial charge in [0.05, 0.1) is 11.9 Å². The van der Waals surface area contributed by atoms with E-state index < -0.39 is 0 Å². The third-order valence-corrected chi connectivity index (χ3v) is 4.72. The van der Waals surface area contributed by atoms with E-state index in [4.69, 9.17) is 5.73 Å². The van der Waals surface area contributed by atoms with Crippen molar-refractivity contribution in [1.29, 1.82) is 0 Å². The molecule has 0 fully saturated rings. The summed E-state index contributed by atoms with van der Waals surface area (Å²) in [6.07, 6.45) is 7.77. The molecule has 0 aliphatic heterocycles. The zero-order valence-corrected chi connectivity index (χ0v) is 13.1. The molecule has 4 aliphatic carbocycles. The van der Waals surface area contributed by atoms with Gasteiger partial charge in [-0.1, -0.05) is 42.5 Å². The van der Waals surface area contributed by atoms with E-state index in [2.05, 4.69) is 47.4 Å². The molecule has 4 bridgehead atoms. The first-order chi connectivity index (χ1) is 11.3.